The number of carbonyl (C=O) groups excluding carboxylic acids is 1. The lowest BCUT2D eigenvalue weighted by atomic mass is 10.1. The molecule has 0 spiro atoms. The van der Waals surface area contributed by atoms with Crippen molar-refractivity contribution in [2.75, 3.05) is 31.6 Å². The minimum absolute atomic E-state index is 0.0325. The van der Waals surface area contributed by atoms with Crippen molar-refractivity contribution < 1.29 is 17.9 Å². The molecule has 2 heterocycles. The largest absolute Gasteiger partial charge is 0.378 e. The number of aryl methyl sites for hydroxylation is 1. The third kappa shape index (κ3) is 5.75. The van der Waals surface area contributed by atoms with Crippen LogP contribution in [0, 0.1) is 12.3 Å². The molecule has 0 atom stereocenters. The van der Waals surface area contributed by atoms with Crippen molar-refractivity contribution in [2.45, 2.75) is 11.8 Å². The maximum atomic E-state index is 13.3. The van der Waals surface area contributed by atoms with Gasteiger partial charge in [0.05, 0.1) is 29.5 Å². The van der Waals surface area contributed by atoms with Gasteiger partial charge in [-0.05, 0) is 48.9 Å². The van der Waals surface area contributed by atoms with E-state index < -0.39 is 10.0 Å². The first kappa shape index (κ1) is 26.3. The van der Waals surface area contributed by atoms with E-state index in [4.69, 9.17) is 15.3 Å². The molecule has 1 amide bonds. The minimum Gasteiger partial charge on any atom is -0.378 e. The zero-order valence-electron chi connectivity index (χ0n) is 21.3. The fourth-order valence-electron chi connectivity index (χ4n) is 4.49. The summed E-state index contributed by atoms with van der Waals surface area (Å²) in [5.41, 5.74) is 4.06. The van der Waals surface area contributed by atoms with Gasteiger partial charge in [0, 0.05) is 29.9 Å². The number of morpholine rings is 1. The van der Waals surface area contributed by atoms with E-state index in [2.05, 4.69) is 10.4 Å². The van der Waals surface area contributed by atoms with E-state index in [0.717, 1.165) is 5.56 Å². The van der Waals surface area contributed by atoms with Crippen LogP contribution in [0.3, 0.4) is 0 Å². The molecule has 5 rings (SSSR count). The molecule has 1 aliphatic heterocycles. The normalized spacial score (nSPS) is 13.7. The van der Waals surface area contributed by atoms with Crippen molar-refractivity contribution >= 4 is 27.5 Å². The Bertz CT molecular complexity index is 1640. The summed E-state index contributed by atoms with van der Waals surface area (Å²) < 4.78 is 30.9. The van der Waals surface area contributed by atoms with Gasteiger partial charge in [0.2, 0.25) is 10.0 Å². The van der Waals surface area contributed by atoms with E-state index in [-0.39, 0.29) is 10.8 Å². The highest BCUT2D eigenvalue weighted by molar-refractivity contribution is 7.89. The maximum Gasteiger partial charge on any atom is 0.274 e. The van der Waals surface area contributed by atoms with Crippen LogP contribution in [0.25, 0.3) is 16.8 Å². The molecule has 1 fully saturated rings. The number of primary sulfonamides is 1. The maximum absolute atomic E-state index is 13.3. The number of hydrogen-bond acceptors (Lipinski definition) is 6. The second kappa shape index (κ2) is 10.8. The van der Waals surface area contributed by atoms with E-state index in [9.17, 15) is 13.2 Å². The van der Waals surface area contributed by atoms with Gasteiger partial charge in [0.15, 0.2) is 0 Å². The SMILES string of the molecule is Cc1cc(C(=O)Nc2ccc(-c3ccccc3S(N)(=O)=O)cc2)n(-c2cccc(C(=N)N3CCOCC3)c2)n1. The third-order valence-electron chi connectivity index (χ3n) is 6.40. The molecule has 11 heteroatoms. The Balaban J connectivity index is 1.37. The second-order valence-corrected chi connectivity index (χ2v) is 10.7. The third-order valence-corrected chi connectivity index (χ3v) is 7.37. The lowest BCUT2D eigenvalue weighted by molar-refractivity contribution is 0.0680. The van der Waals surface area contributed by atoms with Gasteiger partial charge in [0.1, 0.15) is 11.5 Å². The fourth-order valence-corrected chi connectivity index (χ4v) is 5.25. The number of benzene rings is 3. The van der Waals surface area contributed by atoms with Crippen LogP contribution in [0.15, 0.2) is 83.8 Å². The van der Waals surface area contributed by atoms with Crippen LogP contribution in [-0.4, -0.2) is 61.1 Å². The van der Waals surface area contributed by atoms with Gasteiger partial charge in [-0.3, -0.25) is 10.2 Å². The number of ether oxygens (including phenoxy) is 1. The lowest BCUT2D eigenvalue weighted by Crippen LogP contribution is -2.40. The average molecular weight is 545 g/mol. The Kier molecular flexibility index (Phi) is 7.29. The molecule has 10 nitrogen and oxygen atoms in total. The smallest absolute Gasteiger partial charge is 0.274 e. The van der Waals surface area contributed by atoms with Crippen LogP contribution in [-0.2, 0) is 14.8 Å². The van der Waals surface area contributed by atoms with Crippen molar-refractivity contribution in [3.63, 3.8) is 0 Å². The highest BCUT2D eigenvalue weighted by Gasteiger charge is 2.19. The van der Waals surface area contributed by atoms with Crippen molar-refractivity contribution in [1.82, 2.24) is 14.7 Å². The molecule has 0 radical (unpaired) electrons. The molecule has 0 bridgehead atoms. The van der Waals surface area contributed by atoms with Crippen LogP contribution in [0.5, 0.6) is 0 Å². The number of carbonyl (C=O) groups is 1. The van der Waals surface area contributed by atoms with Gasteiger partial charge in [-0.25, -0.2) is 18.2 Å². The number of hydrogen-bond donors (Lipinski definition) is 3. The first-order valence-corrected chi connectivity index (χ1v) is 13.9. The molecule has 200 valence electrons. The van der Waals surface area contributed by atoms with Gasteiger partial charge < -0.3 is 15.0 Å². The molecule has 4 N–H and O–H groups in total. The van der Waals surface area contributed by atoms with E-state index in [1.54, 1.807) is 53.2 Å². The molecular weight excluding hydrogens is 516 g/mol. The number of amidine groups is 1. The molecule has 1 saturated heterocycles. The van der Waals surface area contributed by atoms with Gasteiger partial charge in [-0.1, -0.05) is 42.5 Å². The molecule has 4 aromatic rings. The number of nitrogens with one attached hydrogen (secondary N) is 2. The minimum atomic E-state index is -3.89. The summed E-state index contributed by atoms with van der Waals surface area (Å²) in [6, 6.07) is 22.4. The average Bonchev–Trinajstić information content (AvgIpc) is 3.35. The molecule has 1 aliphatic rings. The summed E-state index contributed by atoms with van der Waals surface area (Å²) in [5, 5.41) is 21.4. The van der Waals surface area contributed by atoms with E-state index in [1.807, 2.05) is 36.1 Å². The second-order valence-electron chi connectivity index (χ2n) is 9.15. The predicted molar refractivity (Wildman–Crippen MR) is 149 cm³/mol. The van der Waals surface area contributed by atoms with Crippen molar-refractivity contribution in [1.29, 1.82) is 5.41 Å². The van der Waals surface area contributed by atoms with Gasteiger partial charge >= 0.3 is 0 Å². The van der Waals surface area contributed by atoms with Crippen molar-refractivity contribution in [2.24, 2.45) is 5.14 Å². The number of anilines is 1. The lowest BCUT2D eigenvalue weighted by Gasteiger charge is -2.29. The number of nitrogens with zero attached hydrogens (tertiary/aromatic N) is 3. The number of amides is 1. The standard InChI is InChI=1S/C28H28N6O4S/c1-19-17-25(34(32-19)23-6-4-5-21(18-23)27(29)33-13-15-38-16-14-33)28(35)31-22-11-9-20(10-12-22)24-7-2-3-8-26(24)39(30,36)37/h2-12,17-18,29H,13-16H2,1H3,(H,31,35)(H2,30,36,37). The molecule has 0 saturated carbocycles. The Morgan fingerprint density at radius 1 is 1.00 bits per heavy atom. The van der Waals surface area contributed by atoms with Crippen LogP contribution in [0.1, 0.15) is 21.7 Å². The predicted octanol–water partition coefficient (Wildman–Crippen LogP) is 3.40. The molecule has 1 aromatic heterocycles. The summed E-state index contributed by atoms with van der Waals surface area (Å²) in [6.45, 7) is 4.30. The van der Waals surface area contributed by atoms with Crippen molar-refractivity contribution in [3.8, 4) is 16.8 Å². The highest BCUT2D eigenvalue weighted by atomic mass is 32.2. The Hall–Kier alpha value is -4.32. The van der Waals surface area contributed by atoms with Crippen molar-refractivity contribution in [3.05, 3.63) is 95.8 Å². The van der Waals surface area contributed by atoms with Gasteiger partial charge in [-0.2, -0.15) is 5.10 Å². The summed E-state index contributed by atoms with van der Waals surface area (Å²) >= 11 is 0. The summed E-state index contributed by atoms with van der Waals surface area (Å²) in [7, 11) is -3.89. The van der Waals surface area contributed by atoms with Crippen LogP contribution in [0.4, 0.5) is 5.69 Å². The number of rotatable bonds is 6. The quantitative estimate of drug-likeness (QED) is 0.251. The number of aromatic nitrogens is 2. The summed E-state index contributed by atoms with van der Waals surface area (Å²) in [6.07, 6.45) is 0. The fraction of sp³-hybridized carbons (Fsp3) is 0.179. The van der Waals surface area contributed by atoms with E-state index in [0.29, 0.717) is 66.0 Å². The monoisotopic (exact) mass is 544 g/mol. The molecule has 3 aromatic carbocycles. The molecule has 0 unspecified atom stereocenters. The summed E-state index contributed by atoms with van der Waals surface area (Å²) in [5.74, 6) is 0.0427. The highest BCUT2D eigenvalue weighted by Crippen LogP contribution is 2.28. The first-order valence-electron chi connectivity index (χ1n) is 12.3. The molecule has 0 aliphatic carbocycles. The number of nitrogens with two attached hydrogens (primary N) is 1. The van der Waals surface area contributed by atoms with Gasteiger partial charge in [-0.15, -0.1) is 0 Å². The van der Waals surface area contributed by atoms with Crippen LogP contribution in [0.2, 0.25) is 0 Å². The Morgan fingerprint density at radius 2 is 1.72 bits per heavy atom. The Morgan fingerprint density at radius 3 is 2.44 bits per heavy atom. The van der Waals surface area contributed by atoms with Crippen LogP contribution < -0.4 is 10.5 Å². The van der Waals surface area contributed by atoms with E-state index in [1.165, 1.54) is 6.07 Å². The zero-order chi connectivity index (χ0) is 27.6. The first-order chi connectivity index (χ1) is 18.7. The van der Waals surface area contributed by atoms with Gasteiger partial charge in [0.25, 0.3) is 5.91 Å². The Labute approximate surface area is 226 Å². The number of sulfonamides is 1. The molecule has 39 heavy (non-hydrogen) atoms. The zero-order valence-corrected chi connectivity index (χ0v) is 22.1. The summed E-state index contributed by atoms with van der Waals surface area (Å²) in [4.78, 5) is 15.3. The van der Waals surface area contributed by atoms with Crippen LogP contribution >= 0.6 is 0 Å². The topological polar surface area (TPSA) is 143 Å². The van der Waals surface area contributed by atoms with E-state index >= 15 is 0 Å². The molecular formula is C28H28N6O4S.